The molecule has 1 heterocycles. The van der Waals surface area contributed by atoms with E-state index in [0.29, 0.717) is 0 Å². The van der Waals surface area contributed by atoms with Crippen molar-refractivity contribution in [1.29, 1.82) is 0 Å². The standard InChI is InChI=1S/C14H21NO/c1-3-11(10-15-12-5-6-12)9-14-8-7-13(4-2)16-14/h7-9,12,15H,3-6,10H2,1-2H3. The Kier molecular flexibility index (Phi) is 3.83. The Morgan fingerprint density at radius 3 is 2.81 bits per heavy atom. The van der Waals surface area contributed by atoms with Crippen molar-refractivity contribution in [2.75, 3.05) is 6.54 Å². The molecule has 1 aliphatic rings. The quantitative estimate of drug-likeness (QED) is 0.793. The molecule has 1 saturated carbocycles. The summed E-state index contributed by atoms with van der Waals surface area (Å²) in [5.41, 5.74) is 1.42. The second kappa shape index (κ2) is 5.35. The lowest BCUT2D eigenvalue weighted by molar-refractivity contribution is 0.507. The summed E-state index contributed by atoms with van der Waals surface area (Å²) in [6.07, 6.45) is 6.92. The van der Waals surface area contributed by atoms with Crippen molar-refractivity contribution in [3.8, 4) is 0 Å². The summed E-state index contributed by atoms with van der Waals surface area (Å²) >= 11 is 0. The fourth-order valence-electron chi connectivity index (χ4n) is 1.70. The maximum Gasteiger partial charge on any atom is 0.127 e. The van der Waals surface area contributed by atoms with E-state index in [1.54, 1.807) is 0 Å². The van der Waals surface area contributed by atoms with Crippen LogP contribution < -0.4 is 5.32 Å². The van der Waals surface area contributed by atoms with E-state index in [9.17, 15) is 0 Å². The molecule has 88 valence electrons. The predicted molar refractivity (Wildman–Crippen MR) is 67.4 cm³/mol. The molecule has 0 spiro atoms. The smallest absolute Gasteiger partial charge is 0.127 e. The zero-order chi connectivity index (χ0) is 11.4. The molecule has 0 atom stereocenters. The van der Waals surface area contributed by atoms with Gasteiger partial charge in [0.05, 0.1) is 0 Å². The van der Waals surface area contributed by atoms with E-state index in [2.05, 4.69) is 37.4 Å². The summed E-state index contributed by atoms with van der Waals surface area (Å²) in [5, 5.41) is 3.54. The lowest BCUT2D eigenvalue weighted by Gasteiger charge is -2.05. The fraction of sp³-hybridized carbons (Fsp3) is 0.571. The Hall–Kier alpha value is -1.02. The normalized spacial score (nSPS) is 16.8. The van der Waals surface area contributed by atoms with E-state index in [0.717, 1.165) is 36.9 Å². The number of rotatable bonds is 6. The second-order valence-corrected chi connectivity index (χ2v) is 4.47. The van der Waals surface area contributed by atoms with Gasteiger partial charge >= 0.3 is 0 Å². The molecule has 0 saturated heterocycles. The first kappa shape index (κ1) is 11.5. The average Bonchev–Trinajstić information content (AvgIpc) is 3.03. The van der Waals surface area contributed by atoms with Crippen LogP contribution >= 0.6 is 0 Å². The lowest BCUT2D eigenvalue weighted by atomic mass is 10.1. The zero-order valence-corrected chi connectivity index (χ0v) is 10.3. The first-order valence-corrected chi connectivity index (χ1v) is 6.33. The van der Waals surface area contributed by atoms with Crippen molar-refractivity contribution in [2.24, 2.45) is 0 Å². The number of nitrogens with one attached hydrogen (secondary N) is 1. The van der Waals surface area contributed by atoms with Crippen molar-refractivity contribution in [1.82, 2.24) is 5.32 Å². The molecule has 0 radical (unpaired) electrons. The number of hydrogen-bond acceptors (Lipinski definition) is 2. The minimum absolute atomic E-state index is 0.776. The van der Waals surface area contributed by atoms with E-state index >= 15 is 0 Å². The largest absolute Gasteiger partial charge is 0.462 e. The van der Waals surface area contributed by atoms with Gasteiger partial charge in [0, 0.05) is 19.0 Å². The van der Waals surface area contributed by atoms with Gasteiger partial charge in [0.25, 0.3) is 0 Å². The minimum Gasteiger partial charge on any atom is -0.462 e. The zero-order valence-electron chi connectivity index (χ0n) is 10.3. The molecule has 0 aliphatic heterocycles. The Morgan fingerprint density at radius 2 is 2.25 bits per heavy atom. The summed E-state index contributed by atoms with van der Waals surface area (Å²) in [4.78, 5) is 0. The molecular formula is C14H21NO. The van der Waals surface area contributed by atoms with E-state index in [4.69, 9.17) is 4.42 Å². The summed E-state index contributed by atoms with van der Waals surface area (Å²) in [7, 11) is 0. The molecule has 1 aromatic rings. The molecule has 1 aliphatic carbocycles. The maximum absolute atomic E-state index is 5.68. The molecule has 16 heavy (non-hydrogen) atoms. The van der Waals surface area contributed by atoms with Crippen molar-refractivity contribution >= 4 is 6.08 Å². The third-order valence-electron chi connectivity index (χ3n) is 3.03. The molecule has 0 bridgehead atoms. The summed E-state index contributed by atoms with van der Waals surface area (Å²) in [5.74, 6) is 2.06. The van der Waals surface area contributed by atoms with E-state index < -0.39 is 0 Å². The first-order valence-electron chi connectivity index (χ1n) is 6.33. The molecule has 2 nitrogen and oxygen atoms in total. The van der Waals surface area contributed by atoms with E-state index in [1.807, 2.05) is 0 Å². The average molecular weight is 219 g/mol. The SMILES string of the molecule is CCC(=Cc1ccc(CC)o1)CNC1CC1. The van der Waals surface area contributed by atoms with Gasteiger partial charge in [-0.1, -0.05) is 19.4 Å². The summed E-state index contributed by atoms with van der Waals surface area (Å²) in [6, 6.07) is 4.90. The monoisotopic (exact) mass is 219 g/mol. The Morgan fingerprint density at radius 1 is 1.44 bits per heavy atom. The topological polar surface area (TPSA) is 25.2 Å². The summed E-state index contributed by atoms with van der Waals surface area (Å²) < 4.78 is 5.68. The molecule has 0 aromatic carbocycles. The molecule has 0 unspecified atom stereocenters. The number of hydrogen-bond donors (Lipinski definition) is 1. The third kappa shape index (κ3) is 3.24. The van der Waals surface area contributed by atoms with Crippen molar-refractivity contribution in [3.05, 3.63) is 29.2 Å². The van der Waals surface area contributed by atoms with Crippen molar-refractivity contribution in [2.45, 2.75) is 45.6 Å². The minimum atomic E-state index is 0.776. The lowest BCUT2D eigenvalue weighted by Crippen LogP contribution is -2.18. The van der Waals surface area contributed by atoms with Crippen LogP contribution in [0.2, 0.25) is 0 Å². The molecular weight excluding hydrogens is 198 g/mol. The maximum atomic E-state index is 5.68. The molecule has 1 fully saturated rings. The molecule has 2 rings (SSSR count). The van der Waals surface area contributed by atoms with Gasteiger partial charge in [-0.15, -0.1) is 0 Å². The first-order chi connectivity index (χ1) is 7.81. The van der Waals surface area contributed by atoms with Gasteiger partial charge in [-0.25, -0.2) is 0 Å². The highest BCUT2D eigenvalue weighted by atomic mass is 16.3. The Bertz CT molecular complexity index is 361. The second-order valence-electron chi connectivity index (χ2n) is 4.47. The van der Waals surface area contributed by atoms with Gasteiger partial charge in [0.15, 0.2) is 0 Å². The molecule has 1 N–H and O–H groups in total. The van der Waals surface area contributed by atoms with Crippen LogP contribution in [0.1, 0.15) is 44.6 Å². The van der Waals surface area contributed by atoms with Crippen LogP contribution in [-0.4, -0.2) is 12.6 Å². The Balaban J connectivity index is 1.94. The van der Waals surface area contributed by atoms with Gasteiger partial charge in [0.2, 0.25) is 0 Å². The van der Waals surface area contributed by atoms with Crippen molar-refractivity contribution in [3.63, 3.8) is 0 Å². The van der Waals surface area contributed by atoms with Crippen molar-refractivity contribution < 1.29 is 4.42 Å². The van der Waals surface area contributed by atoms with Crippen LogP contribution in [0.5, 0.6) is 0 Å². The highest BCUT2D eigenvalue weighted by Crippen LogP contribution is 2.20. The predicted octanol–water partition coefficient (Wildman–Crippen LogP) is 3.39. The Labute approximate surface area is 97.7 Å². The number of aryl methyl sites for hydroxylation is 1. The van der Waals surface area contributed by atoms with Gasteiger partial charge < -0.3 is 9.73 Å². The highest BCUT2D eigenvalue weighted by Gasteiger charge is 2.20. The van der Waals surface area contributed by atoms with Gasteiger partial charge in [-0.05, 0) is 37.5 Å². The number of furan rings is 1. The van der Waals surface area contributed by atoms with Gasteiger partial charge in [0.1, 0.15) is 11.5 Å². The molecule has 1 aromatic heterocycles. The molecule has 0 amide bonds. The fourth-order valence-corrected chi connectivity index (χ4v) is 1.70. The third-order valence-corrected chi connectivity index (χ3v) is 3.03. The summed E-state index contributed by atoms with van der Waals surface area (Å²) in [6.45, 7) is 5.31. The van der Waals surface area contributed by atoms with Crippen LogP contribution in [0.25, 0.3) is 6.08 Å². The van der Waals surface area contributed by atoms with Crippen LogP contribution in [0, 0.1) is 0 Å². The van der Waals surface area contributed by atoms with Crippen LogP contribution in [-0.2, 0) is 6.42 Å². The molecule has 2 heteroatoms. The van der Waals surface area contributed by atoms with Gasteiger partial charge in [-0.3, -0.25) is 0 Å². The highest BCUT2D eigenvalue weighted by molar-refractivity contribution is 5.48. The van der Waals surface area contributed by atoms with Gasteiger partial charge in [-0.2, -0.15) is 0 Å². The van der Waals surface area contributed by atoms with E-state index in [1.165, 1.54) is 18.4 Å². The van der Waals surface area contributed by atoms with Crippen LogP contribution in [0.15, 0.2) is 22.1 Å². The van der Waals surface area contributed by atoms with E-state index in [-0.39, 0.29) is 0 Å². The van der Waals surface area contributed by atoms with Crippen LogP contribution in [0.4, 0.5) is 0 Å². The van der Waals surface area contributed by atoms with Crippen LogP contribution in [0.3, 0.4) is 0 Å².